The summed E-state index contributed by atoms with van der Waals surface area (Å²) in [6.45, 7) is 1.84. The first kappa shape index (κ1) is 15.4. The van der Waals surface area contributed by atoms with Gasteiger partial charge in [-0.05, 0) is 56.0 Å². The van der Waals surface area contributed by atoms with Crippen molar-refractivity contribution in [2.75, 3.05) is 6.54 Å². The Labute approximate surface area is 134 Å². The first-order valence-electron chi connectivity index (χ1n) is 8.00. The standard InChI is InChI=1S/C17H23BrFNO/c18-13-8-12(9-14(19)10-13)11-20-7-2-1-5-16(20)15-4-3-6-17(15)21/h8-10,15-17,21H,1-7,11H2. The average Bonchev–Trinajstić information content (AvgIpc) is 2.84. The van der Waals surface area contributed by atoms with Crippen LogP contribution in [0, 0.1) is 11.7 Å². The Morgan fingerprint density at radius 1 is 1.14 bits per heavy atom. The quantitative estimate of drug-likeness (QED) is 0.881. The van der Waals surface area contributed by atoms with E-state index < -0.39 is 0 Å². The smallest absolute Gasteiger partial charge is 0.124 e. The number of benzene rings is 1. The largest absolute Gasteiger partial charge is 0.393 e. The second kappa shape index (κ2) is 6.76. The lowest BCUT2D eigenvalue weighted by atomic mass is 9.87. The molecule has 0 radical (unpaired) electrons. The van der Waals surface area contributed by atoms with E-state index in [9.17, 15) is 9.50 Å². The number of aliphatic hydroxyl groups excluding tert-OH is 1. The van der Waals surface area contributed by atoms with Crippen LogP contribution in [-0.2, 0) is 6.54 Å². The van der Waals surface area contributed by atoms with Crippen LogP contribution in [0.25, 0.3) is 0 Å². The fraction of sp³-hybridized carbons (Fsp3) is 0.647. The third-order valence-electron chi connectivity index (χ3n) is 5.00. The third-order valence-corrected chi connectivity index (χ3v) is 5.46. The van der Waals surface area contributed by atoms with Crippen LogP contribution in [0.3, 0.4) is 0 Å². The van der Waals surface area contributed by atoms with E-state index >= 15 is 0 Å². The minimum absolute atomic E-state index is 0.144. The molecule has 3 unspecified atom stereocenters. The molecule has 3 atom stereocenters. The molecule has 21 heavy (non-hydrogen) atoms. The van der Waals surface area contributed by atoms with E-state index in [2.05, 4.69) is 20.8 Å². The summed E-state index contributed by atoms with van der Waals surface area (Å²) >= 11 is 3.37. The predicted octanol–water partition coefficient (Wildman–Crippen LogP) is 4.10. The second-order valence-corrected chi connectivity index (χ2v) is 7.39. The molecule has 1 aromatic rings. The van der Waals surface area contributed by atoms with Crippen LogP contribution in [0.15, 0.2) is 22.7 Å². The lowest BCUT2D eigenvalue weighted by Crippen LogP contribution is -2.45. The molecule has 4 heteroatoms. The van der Waals surface area contributed by atoms with E-state index in [0.717, 1.165) is 48.8 Å². The van der Waals surface area contributed by atoms with Crippen LogP contribution in [0.4, 0.5) is 4.39 Å². The molecule has 1 aliphatic heterocycles. The van der Waals surface area contributed by atoms with Crippen LogP contribution in [-0.4, -0.2) is 28.7 Å². The number of rotatable bonds is 3. The molecule has 1 N–H and O–H groups in total. The number of hydrogen-bond donors (Lipinski definition) is 1. The van der Waals surface area contributed by atoms with Crippen molar-refractivity contribution < 1.29 is 9.50 Å². The number of halogens is 2. The summed E-state index contributed by atoms with van der Waals surface area (Å²) in [7, 11) is 0. The summed E-state index contributed by atoms with van der Waals surface area (Å²) in [4.78, 5) is 2.46. The molecule has 2 aliphatic rings. The maximum atomic E-state index is 13.6. The Kier molecular flexibility index (Phi) is 4.97. The molecular formula is C17H23BrFNO. The highest BCUT2D eigenvalue weighted by Gasteiger charge is 2.36. The number of hydrogen-bond acceptors (Lipinski definition) is 2. The Balaban J connectivity index is 1.74. The van der Waals surface area contributed by atoms with Crippen molar-refractivity contribution in [1.82, 2.24) is 4.90 Å². The van der Waals surface area contributed by atoms with Gasteiger partial charge in [-0.3, -0.25) is 4.90 Å². The third kappa shape index (κ3) is 3.66. The number of aliphatic hydroxyl groups is 1. The normalized spacial score (nSPS) is 30.7. The zero-order valence-electron chi connectivity index (χ0n) is 12.3. The van der Waals surface area contributed by atoms with Gasteiger partial charge in [-0.1, -0.05) is 28.8 Å². The van der Waals surface area contributed by atoms with Crippen molar-refractivity contribution in [3.05, 3.63) is 34.1 Å². The maximum absolute atomic E-state index is 13.6. The van der Waals surface area contributed by atoms with Crippen molar-refractivity contribution in [1.29, 1.82) is 0 Å². The summed E-state index contributed by atoms with van der Waals surface area (Å²) in [6.07, 6.45) is 6.69. The van der Waals surface area contributed by atoms with Crippen molar-refractivity contribution in [3.63, 3.8) is 0 Å². The molecule has 3 rings (SSSR count). The molecule has 1 heterocycles. The Bertz CT molecular complexity index is 475. The number of piperidine rings is 1. The topological polar surface area (TPSA) is 23.5 Å². The van der Waals surface area contributed by atoms with Gasteiger partial charge in [0.25, 0.3) is 0 Å². The average molecular weight is 356 g/mol. The molecule has 2 nitrogen and oxygen atoms in total. The summed E-state index contributed by atoms with van der Waals surface area (Å²) in [5, 5.41) is 10.2. The molecule has 1 aromatic carbocycles. The van der Waals surface area contributed by atoms with Crippen molar-refractivity contribution in [3.8, 4) is 0 Å². The maximum Gasteiger partial charge on any atom is 0.124 e. The minimum atomic E-state index is -0.186. The minimum Gasteiger partial charge on any atom is -0.393 e. The second-order valence-electron chi connectivity index (χ2n) is 6.47. The zero-order valence-corrected chi connectivity index (χ0v) is 13.9. The molecule has 0 aromatic heterocycles. The number of likely N-dealkylation sites (tertiary alicyclic amines) is 1. The number of nitrogens with zero attached hydrogens (tertiary/aromatic N) is 1. The zero-order chi connectivity index (χ0) is 14.8. The van der Waals surface area contributed by atoms with Gasteiger partial charge in [0.2, 0.25) is 0 Å². The molecule has 0 bridgehead atoms. The van der Waals surface area contributed by atoms with E-state index in [1.807, 2.05) is 6.07 Å². The van der Waals surface area contributed by atoms with Crippen molar-refractivity contribution in [2.24, 2.45) is 5.92 Å². The molecule has 1 saturated carbocycles. The van der Waals surface area contributed by atoms with Gasteiger partial charge >= 0.3 is 0 Å². The van der Waals surface area contributed by atoms with E-state index in [1.54, 1.807) is 6.07 Å². The highest BCUT2D eigenvalue weighted by Crippen LogP contribution is 2.36. The van der Waals surface area contributed by atoms with Gasteiger partial charge < -0.3 is 5.11 Å². The van der Waals surface area contributed by atoms with Gasteiger partial charge in [-0.25, -0.2) is 4.39 Å². The molecule has 0 spiro atoms. The summed E-state index contributed by atoms with van der Waals surface area (Å²) in [5.41, 5.74) is 1.02. The highest BCUT2D eigenvalue weighted by atomic mass is 79.9. The Hall–Kier alpha value is -0.450. The van der Waals surface area contributed by atoms with Gasteiger partial charge in [0, 0.05) is 23.0 Å². The summed E-state index contributed by atoms with van der Waals surface area (Å²) in [6, 6.07) is 5.58. The van der Waals surface area contributed by atoms with Crippen LogP contribution >= 0.6 is 15.9 Å². The molecule has 1 aliphatic carbocycles. The van der Waals surface area contributed by atoms with Crippen LogP contribution in [0.1, 0.15) is 44.1 Å². The highest BCUT2D eigenvalue weighted by molar-refractivity contribution is 9.10. The van der Waals surface area contributed by atoms with Crippen LogP contribution in [0.2, 0.25) is 0 Å². The van der Waals surface area contributed by atoms with Gasteiger partial charge in [0.05, 0.1) is 6.10 Å². The van der Waals surface area contributed by atoms with Gasteiger partial charge in [-0.15, -0.1) is 0 Å². The van der Waals surface area contributed by atoms with Crippen LogP contribution in [0.5, 0.6) is 0 Å². The van der Waals surface area contributed by atoms with E-state index in [-0.39, 0.29) is 11.9 Å². The lowest BCUT2D eigenvalue weighted by molar-refractivity contribution is 0.0312. The first-order valence-corrected chi connectivity index (χ1v) is 8.80. The summed E-state index contributed by atoms with van der Waals surface area (Å²) in [5.74, 6) is 0.219. The fourth-order valence-electron chi connectivity index (χ4n) is 4.05. The van der Waals surface area contributed by atoms with Gasteiger partial charge in [0.15, 0.2) is 0 Å². The first-order chi connectivity index (χ1) is 10.1. The molecule has 116 valence electrons. The van der Waals surface area contributed by atoms with Crippen LogP contribution < -0.4 is 0 Å². The van der Waals surface area contributed by atoms with E-state index in [1.165, 1.54) is 18.9 Å². The van der Waals surface area contributed by atoms with Gasteiger partial charge in [-0.2, -0.15) is 0 Å². The van der Waals surface area contributed by atoms with Gasteiger partial charge in [0.1, 0.15) is 5.82 Å². The molecular weight excluding hydrogens is 333 g/mol. The molecule has 2 fully saturated rings. The predicted molar refractivity (Wildman–Crippen MR) is 85.5 cm³/mol. The Morgan fingerprint density at radius 2 is 2.00 bits per heavy atom. The Morgan fingerprint density at radius 3 is 2.71 bits per heavy atom. The lowest BCUT2D eigenvalue weighted by Gasteiger charge is -2.40. The van der Waals surface area contributed by atoms with E-state index in [0.29, 0.717) is 12.0 Å². The SMILES string of the molecule is OC1CCCC1C1CCCCN1Cc1cc(F)cc(Br)c1. The summed E-state index contributed by atoms with van der Waals surface area (Å²) < 4.78 is 14.4. The van der Waals surface area contributed by atoms with E-state index in [4.69, 9.17) is 0 Å². The van der Waals surface area contributed by atoms with Crippen molar-refractivity contribution in [2.45, 2.75) is 57.2 Å². The molecule has 0 amide bonds. The monoisotopic (exact) mass is 355 g/mol. The fourth-order valence-corrected chi connectivity index (χ4v) is 4.57. The molecule has 1 saturated heterocycles. The van der Waals surface area contributed by atoms with Crippen molar-refractivity contribution >= 4 is 15.9 Å².